The summed E-state index contributed by atoms with van der Waals surface area (Å²) in [6.07, 6.45) is 4.16. The summed E-state index contributed by atoms with van der Waals surface area (Å²) in [7, 11) is 1.70. The smallest absolute Gasteiger partial charge is 0.191 e. The van der Waals surface area contributed by atoms with Gasteiger partial charge in [0.1, 0.15) is 5.75 Å². The normalized spacial score (nSPS) is 21.4. The summed E-state index contributed by atoms with van der Waals surface area (Å²) in [6, 6.07) is 8.42. The molecule has 2 fully saturated rings. The van der Waals surface area contributed by atoms with Gasteiger partial charge in [0.25, 0.3) is 0 Å². The topological polar surface area (TPSA) is 73.3 Å². The summed E-state index contributed by atoms with van der Waals surface area (Å²) in [5.74, 6) is 1.74. The summed E-state index contributed by atoms with van der Waals surface area (Å²) in [5.41, 5.74) is 1.30. The summed E-state index contributed by atoms with van der Waals surface area (Å²) in [6.45, 7) is 8.32. The van der Waals surface area contributed by atoms with Crippen LogP contribution in [0.1, 0.15) is 38.2 Å². The number of rotatable bonds is 10. The van der Waals surface area contributed by atoms with Gasteiger partial charge < -0.3 is 29.6 Å². The Balaban J connectivity index is 1.56. The highest BCUT2D eigenvalue weighted by atomic mass is 16.5. The van der Waals surface area contributed by atoms with Crippen LogP contribution in [0.2, 0.25) is 0 Å². The van der Waals surface area contributed by atoms with E-state index >= 15 is 0 Å². The third kappa shape index (κ3) is 6.59. The molecule has 7 nitrogen and oxygen atoms in total. The average molecular weight is 420 g/mol. The molecule has 1 atom stereocenters. The first-order chi connectivity index (χ1) is 14.8. The minimum absolute atomic E-state index is 0.00153. The van der Waals surface area contributed by atoms with E-state index in [1.165, 1.54) is 5.56 Å². The maximum atomic E-state index is 5.84. The lowest BCUT2D eigenvalue weighted by Gasteiger charge is -2.36. The number of guanidine groups is 1. The van der Waals surface area contributed by atoms with Crippen molar-refractivity contribution in [3.63, 3.8) is 0 Å². The van der Waals surface area contributed by atoms with Crippen molar-refractivity contribution in [1.29, 1.82) is 0 Å². The van der Waals surface area contributed by atoms with Crippen LogP contribution in [0.25, 0.3) is 0 Å². The third-order valence-corrected chi connectivity index (χ3v) is 5.89. The van der Waals surface area contributed by atoms with Gasteiger partial charge in [-0.3, -0.25) is 4.99 Å². The van der Waals surface area contributed by atoms with E-state index in [4.69, 9.17) is 23.9 Å². The summed E-state index contributed by atoms with van der Waals surface area (Å²) >= 11 is 0. The minimum Gasteiger partial charge on any atom is -0.497 e. The predicted octanol–water partition coefficient (Wildman–Crippen LogP) is 2.49. The van der Waals surface area contributed by atoms with Gasteiger partial charge in [-0.25, -0.2) is 0 Å². The molecule has 2 N–H and O–H groups in total. The Bertz CT molecular complexity index is 638. The van der Waals surface area contributed by atoms with Crippen molar-refractivity contribution >= 4 is 5.96 Å². The highest BCUT2D eigenvalue weighted by Gasteiger charge is 2.34. The van der Waals surface area contributed by atoms with Crippen LogP contribution in [0, 0.1) is 0 Å². The van der Waals surface area contributed by atoms with Crippen LogP contribution >= 0.6 is 0 Å². The molecule has 0 amide bonds. The molecule has 0 radical (unpaired) electrons. The molecule has 0 aromatic heterocycles. The molecule has 3 rings (SSSR count). The van der Waals surface area contributed by atoms with Crippen LogP contribution in [0.4, 0.5) is 0 Å². The van der Waals surface area contributed by atoms with Gasteiger partial charge in [-0.05, 0) is 50.3 Å². The summed E-state index contributed by atoms with van der Waals surface area (Å²) in [4.78, 5) is 4.95. The number of aliphatic imine (C=N–C) groups is 1. The van der Waals surface area contributed by atoms with Gasteiger partial charge in [-0.15, -0.1) is 0 Å². The lowest BCUT2D eigenvalue weighted by Crippen LogP contribution is -2.41. The van der Waals surface area contributed by atoms with E-state index in [1.54, 1.807) is 7.11 Å². The maximum absolute atomic E-state index is 5.84. The van der Waals surface area contributed by atoms with E-state index in [2.05, 4.69) is 29.7 Å². The minimum atomic E-state index is -0.00153. The van der Waals surface area contributed by atoms with Gasteiger partial charge in [0, 0.05) is 44.9 Å². The second kappa shape index (κ2) is 12.1. The number of nitrogens with one attached hydrogen (secondary N) is 2. The van der Waals surface area contributed by atoms with Gasteiger partial charge >= 0.3 is 0 Å². The zero-order valence-corrected chi connectivity index (χ0v) is 18.5. The van der Waals surface area contributed by atoms with Crippen molar-refractivity contribution in [2.75, 3.05) is 59.8 Å². The molecule has 0 bridgehead atoms. The summed E-state index contributed by atoms with van der Waals surface area (Å²) in [5, 5.41) is 6.82. The number of benzene rings is 1. The molecule has 2 aliphatic heterocycles. The molecule has 0 saturated carbocycles. The van der Waals surface area contributed by atoms with Crippen LogP contribution in [0.5, 0.6) is 5.75 Å². The van der Waals surface area contributed by atoms with Crippen molar-refractivity contribution in [3.05, 3.63) is 29.8 Å². The van der Waals surface area contributed by atoms with Gasteiger partial charge in [0.2, 0.25) is 0 Å². The predicted molar refractivity (Wildman–Crippen MR) is 118 cm³/mol. The van der Waals surface area contributed by atoms with Crippen molar-refractivity contribution < 1.29 is 18.9 Å². The Morgan fingerprint density at radius 3 is 2.60 bits per heavy atom. The fraction of sp³-hybridized carbons (Fsp3) is 0.696. The zero-order valence-electron chi connectivity index (χ0n) is 18.5. The summed E-state index contributed by atoms with van der Waals surface area (Å²) < 4.78 is 22.2. The van der Waals surface area contributed by atoms with Gasteiger partial charge in [-0.1, -0.05) is 12.1 Å². The third-order valence-electron chi connectivity index (χ3n) is 5.89. The Labute approximate surface area is 180 Å². The van der Waals surface area contributed by atoms with Gasteiger partial charge in [0.15, 0.2) is 5.96 Å². The van der Waals surface area contributed by atoms with E-state index in [-0.39, 0.29) is 11.5 Å². The van der Waals surface area contributed by atoms with Crippen molar-refractivity contribution in [1.82, 2.24) is 10.6 Å². The quantitative estimate of drug-likeness (QED) is 0.345. The Morgan fingerprint density at radius 2 is 1.93 bits per heavy atom. The van der Waals surface area contributed by atoms with E-state index in [0.717, 1.165) is 90.1 Å². The first-order valence-corrected chi connectivity index (χ1v) is 11.2. The van der Waals surface area contributed by atoms with E-state index in [0.29, 0.717) is 0 Å². The molecule has 1 aromatic rings. The molecule has 168 valence electrons. The zero-order chi connectivity index (χ0) is 21.1. The molecule has 0 aliphatic carbocycles. The first kappa shape index (κ1) is 22.8. The number of ether oxygens (including phenoxy) is 4. The van der Waals surface area contributed by atoms with Gasteiger partial charge in [0.05, 0.1) is 26.4 Å². The lowest BCUT2D eigenvalue weighted by molar-refractivity contribution is 0.0419. The van der Waals surface area contributed by atoms with Crippen LogP contribution in [-0.2, 0) is 19.6 Å². The molecule has 2 heterocycles. The van der Waals surface area contributed by atoms with Gasteiger partial charge in [-0.2, -0.15) is 0 Å². The fourth-order valence-electron chi connectivity index (χ4n) is 3.99. The van der Waals surface area contributed by atoms with Crippen molar-refractivity contribution in [2.45, 2.75) is 44.1 Å². The number of hydrogen-bond donors (Lipinski definition) is 2. The largest absolute Gasteiger partial charge is 0.497 e. The Morgan fingerprint density at radius 1 is 1.13 bits per heavy atom. The van der Waals surface area contributed by atoms with E-state index in [9.17, 15) is 0 Å². The average Bonchev–Trinajstić information content (AvgIpc) is 3.31. The Kier molecular flexibility index (Phi) is 9.24. The molecule has 2 saturated heterocycles. The van der Waals surface area contributed by atoms with Crippen molar-refractivity contribution in [2.24, 2.45) is 4.99 Å². The molecule has 1 aromatic carbocycles. The molecule has 30 heavy (non-hydrogen) atoms. The Hall–Kier alpha value is -1.83. The molecule has 1 unspecified atom stereocenters. The van der Waals surface area contributed by atoms with Crippen molar-refractivity contribution in [3.8, 4) is 5.75 Å². The molecule has 7 heteroatoms. The molecule has 2 aliphatic rings. The fourth-order valence-corrected chi connectivity index (χ4v) is 3.99. The van der Waals surface area contributed by atoms with Crippen LogP contribution in [0.15, 0.2) is 29.3 Å². The number of nitrogens with zero attached hydrogens (tertiary/aromatic N) is 1. The van der Waals surface area contributed by atoms with Crippen LogP contribution in [-0.4, -0.2) is 71.8 Å². The van der Waals surface area contributed by atoms with E-state index in [1.807, 2.05) is 12.1 Å². The SMILES string of the molecule is CCNC(=NCC1(c2ccc(OC)cc2)CCOCC1)NCCCOC1CCOC1. The van der Waals surface area contributed by atoms with E-state index < -0.39 is 0 Å². The number of methoxy groups -OCH3 is 1. The molecular formula is C23H37N3O4. The second-order valence-electron chi connectivity index (χ2n) is 7.95. The molecular weight excluding hydrogens is 382 g/mol. The highest BCUT2D eigenvalue weighted by molar-refractivity contribution is 5.79. The maximum Gasteiger partial charge on any atom is 0.191 e. The molecule has 0 spiro atoms. The standard InChI is InChI=1S/C23H37N3O4/c1-3-24-22(25-12-4-13-30-21-9-14-29-17-21)26-18-23(10-15-28-16-11-23)19-5-7-20(27-2)8-6-19/h5-8,21H,3-4,9-18H2,1-2H3,(H2,24,25,26). The van der Waals surface area contributed by atoms with Crippen LogP contribution in [0.3, 0.4) is 0 Å². The first-order valence-electron chi connectivity index (χ1n) is 11.2. The monoisotopic (exact) mass is 419 g/mol. The number of hydrogen-bond acceptors (Lipinski definition) is 5. The lowest BCUT2D eigenvalue weighted by atomic mass is 9.74. The van der Waals surface area contributed by atoms with Crippen LogP contribution < -0.4 is 15.4 Å². The highest BCUT2D eigenvalue weighted by Crippen LogP contribution is 2.36. The second-order valence-corrected chi connectivity index (χ2v) is 7.95.